The summed E-state index contributed by atoms with van der Waals surface area (Å²) in [6.45, 7) is 1.81. The molecule has 2 N–H and O–H groups in total. The standard InChI is InChI=1S/C11H15BN2O/c1-8(13-2)11(15)14-10-5-3-9(7-12)4-6-10/h3-6,8,13H,7H2,1-2H3,(H,14,15). The molecule has 1 amide bonds. The SMILES string of the molecule is [B]Cc1ccc(NC(=O)C(C)NC)cc1. The molecule has 0 aliphatic carbocycles. The van der Waals surface area contributed by atoms with Gasteiger partial charge in [0.25, 0.3) is 0 Å². The van der Waals surface area contributed by atoms with Gasteiger partial charge in [0.15, 0.2) is 0 Å². The maximum atomic E-state index is 11.5. The normalized spacial score (nSPS) is 12.1. The Bertz CT molecular complexity index is 324. The van der Waals surface area contributed by atoms with Crippen LogP contribution in [0, 0.1) is 0 Å². The molecule has 78 valence electrons. The minimum absolute atomic E-state index is 0.0435. The molecule has 1 aromatic rings. The van der Waals surface area contributed by atoms with Gasteiger partial charge in [0, 0.05) is 5.69 Å². The van der Waals surface area contributed by atoms with Crippen LogP contribution in [0.2, 0.25) is 0 Å². The number of rotatable bonds is 4. The number of benzene rings is 1. The van der Waals surface area contributed by atoms with Crippen LogP contribution in [0.25, 0.3) is 0 Å². The topological polar surface area (TPSA) is 41.1 Å². The van der Waals surface area contributed by atoms with E-state index in [0.29, 0.717) is 6.32 Å². The molecule has 15 heavy (non-hydrogen) atoms. The van der Waals surface area contributed by atoms with Gasteiger partial charge in [-0.2, -0.15) is 0 Å². The molecule has 0 saturated carbocycles. The van der Waals surface area contributed by atoms with Crippen LogP contribution in [0.4, 0.5) is 5.69 Å². The minimum atomic E-state index is -0.195. The Morgan fingerprint density at radius 2 is 2.00 bits per heavy atom. The van der Waals surface area contributed by atoms with E-state index in [-0.39, 0.29) is 11.9 Å². The third-order valence-corrected chi connectivity index (χ3v) is 2.28. The van der Waals surface area contributed by atoms with Crippen LogP contribution in [0.15, 0.2) is 24.3 Å². The summed E-state index contributed by atoms with van der Waals surface area (Å²) < 4.78 is 0. The van der Waals surface area contributed by atoms with Crippen molar-refractivity contribution in [2.24, 2.45) is 0 Å². The van der Waals surface area contributed by atoms with Crippen LogP contribution in [0.1, 0.15) is 12.5 Å². The Balaban J connectivity index is 2.61. The first-order valence-electron chi connectivity index (χ1n) is 4.94. The van der Waals surface area contributed by atoms with Crippen LogP contribution in [-0.2, 0) is 11.1 Å². The van der Waals surface area contributed by atoms with Gasteiger partial charge in [-0.05, 0) is 26.1 Å². The maximum absolute atomic E-state index is 11.5. The number of carbonyl (C=O) groups is 1. The average molecular weight is 202 g/mol. The van der Waals surface area contributed by atoms with Crippen molar-refractivity contribution in [2.45, 2.75) is 19.3 Å². The summed E-state index contributed by atoms with van der Waals surface area (Å²) in [5.41, 5.74) is 1.84. The number of carbonyl (C=O) groups excluding carboxylic acids is 1. The summed E-state index contributed by atoms with van der Waals surface area (Å²) in [5.74, 6) is -0.0435. The smallest absolute Gasteiger partial charge is 0.241 e. The van der Waals surface area contributed by atoms with Crippen molar-refractivity contribution < 1.29 is 4.79 Å². The van der Waals surface area contributed by atoms with Crippen molar-refractivity contribution >= 4 is 19.4 Å². The molecular weight excluding hydrogens is 187 g/mol. The Kier molecular flexibility index (Phi) is 4.37. The minimum Gasteiger partial charge on any atom is -0.325 e. The first-order chi connectivity index (χ1) is 7.17. The number of hydrogen-bond acceptors (Lipinski definition) is 2. The van der Waals surface area contributed by atoms with E-state index in [9.17, 15) is 4.79 Å². The second-order valence-electron chi connectivity index (χ2n) is 3.40. The summed E-state index contributed by atoms with van der Waals surface area (Å²) in [7, 11) is 7.23. The molecule has 0 heterocycles. The van der Waals surface area contributed by atoms with Crippen molar-refractivity contribution in [1.29, 1.82) is 0 Å². The Hall–Kier alpha value is -1.29. The van der Waals surface area contributed by atoms with Crippen LogP contribution < -0.4 is 10.6 Å². The lowest BCUT2D eigenvalue weighted by molar-refractivity contribution is -0.117. The van der Waals surface area contributed by atoms with E-state index in [1.165, 1.54) is 0 Å². The van der Waals surface area contributed by atoms with Crippen LogP contribution in [0.5, 0.6) is 0 Å². The predicted molar refractivity (Wildman–Crippen MR) is 63.1 cm³/mol. The Morgan fingerprint density at radius 3 is 2.47 bits per heavy atom. The van der Waals surface area contributed by atoms with Gasteiger partial charge in [0.05, 0.1) is 13.9 Å². The van der Waals surface area contributed by atoms with E-state index in [4.69, 9.17) is 7.85 Å². The largest absolute Gasteiger partial charge is 0.325 e. The van der Waals surface area contributed by atoms with Gasteiger partial charge in [0.2, 0.25) is 5.91 Å². The molecule has 0 spiro atoms. The maximum Gasteiger partial charge on any atom is 0.241 e. The molecule has 4 heteroatoms. The zero-order chi connectivity index (χ0) is 11.3. The van der Waals surface area contributed by atoms with Crippen LogP contribution >= 0.6 is 0 Å². The summed E-state index contributed by atoms with van der Waals surface area (Å²) in [6, 6.07) is 7.31. The summed E-state index contributed by atoms with van der Waals surface area (Å²) >= 11 is 0. The van der Waals surface area contributed by atoms with E-state index in [2.05, 4.69) is 10.6 Å². The average Bonchev–Trinajstić information content (AvgIpc) is 2.29. The molecule has 1 rings (SSSR count). The van der Waals surface area contributed by atoms with Crippen LogP contribution in [-0.4, -0.2) is 26.8 Å². The molecule has 0 fully saturated rings. The third kappa shape index (κ3) is 3.40. The van der Waals surface area contributed by atoms with Gasteiger partial charge in [-0.15, -0.1) is 0 Å². The highest BCUT2D eigenvalue weighted by Crippen LogP contribution is 2.09. The van der Waals surface area contributed by atoms with E-state index in [1.54, 1.807) is 7.05 Å². The number of nitrogens with one attached hydrogen (secondary N) is 2. The molecule has 3 nitrogen and oxygen atoms in total. The lowest BCUT2D eigenvalue weighted by atomic mass is 9.97. The van der Waals surface area contributed by atoms with Crippen LogP contribution in [0.3, 0.4) is 0 Å². The zero-order valence-corrected chi connectivity index (χ0v) is 9.08. The summed E-state index contributed by atoms with van der Waals surface area (Å²) in [6.07, 6.45) is 0.515. The summed E-state index contributed by atoms with van der Waals surface area (Å²) in [5, 5.41) is 5.68. The van der Waals surface area contributed by atoms with Crippen molar-refractivity contribution in [3.8, 4) is 0 Å². The molecule has 2 radical (unpaired) electrons. The lowest BCUT2D eigenvalue weighted by Crippen LogP contribution is -2.35. The molecular formula is C11H15BN2O. The van der Waals surface area contributed by atoms with E-state index < -0.39 is 0 Å². The predicted octanol–water partition coefficient (Wildman–Crippen LogP) is 0.901. The van der Waals surface area contributed by atoms with E-state index in [0.717, 1.165) is 11.3 Å². The first kappa shape index (κ1) is 11.8. The monoisotopic (exact) mass is 202 g/mol. The fourth-order valence-electron chi connectivity index (χ4n) is 1.11. The van der Waals surface area contributed by atoms with Gasteiger partial charge in [-0.25, -0.2) is 0 Å². The van der Waals surface area contributed by atoms with E-state index in [1.807, 2.05) is 31.2 Å². The highest BCUT2D eigenvalue weighted by molar-refractivity contribution is 6.08. The number of likely N-dealkylation sites (N-methyl/N-ethyl adjacent to an activating group) is 1. The third-order valence-electron chi connectivity index (χ3n) is 2.28. The molecule has 0 saturated heterocycles. The second kappa shape index (κ2) is 5.56. The van der Waals surface area contributed by atoms with Crippen molar-refractivity contribution in [2.75, 3.05) is 12.4 Å². The molecule has 1 aromatic carbocycles. The lowest BCUT2D eigenvalue weighted by Gasteiger charge is -2.11. The van der Waals surface area contributed by atoms with Crippen molar-refractivity contribution in [3.63, 3.8) is 0 Å². The molecule has 0 aliphatic heterocycles. The molecule has 1 unspecified atom stereocenters. The van der Waals surface area contributed by atoms with Gasteiger partial charge in [-0.3, -0.25) is 4.79 Å². The molecule has 0 bridgehead atoms. The van der Waals surface area contributed by atoms with Gasteiger partial charge >= 0.3 is 0 Å². The molecule has 0 aromatic heterocycles. The highest BCUT2D eigenvalue weighted by Gasteiger charge is 2.09. The fraction of sp³-hybridized carbons (Fsp3) is 0.364. The van der Waals surface area contributed by atoms with Crippen molar-refractivity contribution in [1.82, 2.24) is 5.32 Å². The Morgan fingerprint density at radius 1 is 1.40 bits per heavy atom. The first-order valence-corrected chi connectivity index (χ1v) is 4.94. The number of amides is 1. The quantitative estimate of drug-likeness (QED) is 0.712. The van der Waals surface area contributed by atoms with E-state index >= 15 is 0 Å². The highest BCUT2D eigenvalue weighted by atomic mass is 16.2. The molecule has 0 aliphatic rings. The number of anilines is 1. The van der Waals surface area contributed by atoms with Gasteiger partial charge < -0.3 is 10.6 Å². The second-order valence-corrected chi connectivity index (χ2v) is 3.40. The fourth-order valence-corrected chi connectivity index (χ4v) is 1.11. The summed E-state index contributed by atoms with van der Waals surface area (Å²) in [4.78, 5) is 11.5. The Labute approximate surface area is 91.7 Å². The zero-order valence-electron chi connectivity index (χ0n) is 9.08. The molecule has 1 atom stereocenters. The number of hydrogen-bond donors (Lipinski definition) is 2. The van der Waals surface area contributed by atoms with Gasteiger partial charge in [-0.1, -0.05) is 24.0 Å². The van der Waals surface area contributed by atoms with Gasteiger partial charge in [0.1, 0.15) is 0 Å². The van der Waals surface area contributed by atoms with Crippen molar-refractivity contribution in [3.05, 3.63) is 29.8 Å².